The lowest BCUT2D eigenvalue weighted by molar-refractivity contribution is 0.420. The molecule has 2 aromatic carbocycles. The summed E-state index contributed by atoms with van der Waals surface area (Å²) in [4.78, 5) is 0. The molecule has 0 heterocycles. The summed E-state index contributed by atoms with van der Waals surface area (Å²) in [5.74, 6) is 0. The van der Waals surface area contributed by atoms with Crippen molar-refractivity contribution >= 4 is 28.2 Å². The van der Waals surface area contributed by atoms with Gasteiger partial charge in [-0.3, -0.25) is 0 Å². The molecule has 0 saturated heterocycles. The van der Waals surface area contributed by atoms with E-state index in [9.17, 15) is 0 Å². The average Bonchev–Trinajstić information content (AvgIpc) is 2.56. The molecule has 0 atom stereocenters. The Morgan fingerprint density at radius 3 is 2.04 bits per heavy atom. The summed E-state index contributed by atoms with van der Waals surface area (Å²) in [5, 5.41) is 0. The van der Waals surface area contributed by atoms with Gasteiger partial charge in [0.2, 0.25) is 0 Å². The van der Waals surface area contributed by atoms with E-state index in [1.807, 2.05) is 0 Å². The zero-order valence-electron chi connectivity index (χ0n) is 17.9. The summed E-state index contributed by atoms with van der Waals surface area (Å²) in [7, 11) is 0. The van der Waals surface area contributed by atoms with E-state index in [1.165, 1.54) is 31.4 Å². The van der Waals surface area contributed by atoms with E-state index < -0.39 is 0 Å². The number of halogens is 1. The van der Waals surface area contributed by atoms with Gasteiger partial charge in [-0.05, 0) is 92.8 Å². The highest BCUT2D eigenvalue weighted by molar-refractivity contribution is 14.1. The van der Waals surface area contributed by atoms with E-state index in [2.05, 4.69) is 132 Å². The van der Waals surface area contributed by atoms with Crippen molar-refractivity contribution in [1.29, 1.82) is 0 Å². The van der Waals surface area contributed by atoms with Gasteiger partial charge in [0.25, 0.3) is 0 Å². The number of allylic oxidation sites excluding steroid dienone is 4. The Bertz CT molecular complexity index is 822. The monoisotopic (exact) mass is 472 g/mol. The fourth-order valence-corrected chi connectivity index (χ4v) is 3.66. The lowest BCUT2D eigenvalue weighted by Crippen LogP contribution is -2.10. The van der Waals surface area contributed by atoms with Crippen LogP contribution < -0.4 is 0 Å². The first-order valence-corrected chi connectivity index (χ1v) is 10.8. The van der Waals surface area contributed by atoms with E-state index in [1.54, 1.807) is 0 Å². The maximum absolute atomic E-state index is 2.43. The molecule has 0 saturated carbocycles. The quantitative estimate of drug-likeness (QED) is 0.309. The lowest BCUT2D eigenvalue weighted by atomic mass is 9.86. The van der Waals surface area contributed by atoms with Crippen LogP contribution in [0.4, 0.5) is 0 Å². The minimum Gasteiger partial charge on any atom is -0.0834 e. The van der Waals surface area contributed by atoms with Gasteiger partial charge in [-0.1, -0.05) is 84.0 Å². The van der Waals surface area contributed by atoms with Gasteiger partial charge in [0.15, 0.2) is 0 Å². The van der Waals surface area contributed by atoms with Crippen molar-refractivity contribution < 1.29 is 0 Å². The average molecular weight is 472 g/mol. The Morgan fingerprint density at radius 2 is 1.52 bits per heavy atom. The van der Waals surface area contributed by atoms with Crippen LogP contribution in [0.3, 0.4) is 0 Å². The second-order valence-electron chi connectivity index (χ2n) is 9.47. The number of rotatable bonds is 4. The van der Waals surface area contributed by atoms with Crippen molar-refractivity contribution in [3.8, 4) is 11.1 Å². The molecular weight excluding hydrogens is 439 g/mol. The van der Waals surface area contributed by atoms with Crippen LogP contribution in [0.25, 0.3) is 16.7 Å². The molecule has 1 heteroatoms. The van der Waals surface area contributed by atoms with E-state index in [0.717, 1.165) is 6.42 Å². The van der Waals surface area contributed by atoms with Crippen molar-refractivity contribution in [2.75, 3.05) is 0 Å². The molecule has 0 radical (unpaired) electrons. The summed E-state index contributed by atoms with van der Waals surface area (Å²) in [6, 6.07) is 15.9. The highest BCUT2D eigenvalue weighted by Gasteiger charge is 2.13. The third-order valence-corrected chi connectivity index (χ3v) is 5.28. The van der Waals surface area contributed by atoms with Gasteiger partial charge < -0.3 is 0 Å². The molecular formula is C26H33I. The van der Waals surface area contributed by atoms with Crippen LogP contribution in [0.2, 0.25) is 0 Å². The molecule has 0 aliphatic heterocycles. The van der Waals surface area contributed by atoms with Crippen LogP contribution in [-0.4, -0.2) is 0 Å². The molecule has 0 aliphatic rings. The molecule has 0 amide bonds. The van der Waals surface area contributed by atoms with Gasteiger partial charge in [0.1, 0.15) is 0 Å². The molecule has 27 heavy (non-hydrogen) atoms. The van der Waals surface area contributed by atoms with Crippen molar-refractivity contribution in [1.82, 2.24) is 0 Å². The SMILES string of the molecule is C/C=C(\C=C/CC(C)(C)C)c1cc(I)cc(-c2ccc(C(C)(C)C)cc2)c1. The Labute approximate surface area is 179 Å². The molecule has 2 aromatic rings. The maximum atomic E-state index is 2.43. The van der Waals surface area contributed by atoms with E-state index >= 15 is 0 Å². The smallest absolute Gasteiger partial charge is 0.0142 e. The van der Waals surface area contributed by atoms with Gasteiger partial charge in [-0.25, -0.2) is 0 Å². The second-order valence-corrected chi connectivity index (χ2v) is 10.7. The Hall–Kier alpha value is -1.35. The van der Waals surface area contributed by atoms with Crippen LogP contribution in [0.15, 0.2) is 60.7 Å². The van der Waals surface area contributed by atoms with Gasteiger partial charge >= 0.3 is 0 Å². The van der Waals surface area contributed by atoms with Crippen molar-refractivity contribution in [3.05, 3.63) is 75.4 Å². The number of hydrogen-bond donors (Lipinski definition) is 0. The van der Waals surface area contributed by atoms with E-state index in [0.29, 0.717) is 5.41 Å². The summed E-state index contributed by atoms with van der Waals surface area (Å²) in [6.45, 7) is 15.7. The molecule has 0 unspecified atom stereocenters. The number of hydrogen-bond acceptors (Lipinski definition) is 0. The highest BCUT2D eigenvalue weighted by atomic mass is 127. The molecule has 144 valence electrons. The van der Waals surface area contributed by atoms with Crippen LogP contribution in [0.1, 0.15) is 66.0 Å². The van der Waals surface area contributed by atoms with Gasteiger partial charge in [0, 0.05) is 3.57 Å². The first-order chi connectivity index (χ1) is 12.5. The van der Waals surface area contributed by atoms with Crippen molar-refractivity contribution in [3.63, 3.8) is 0 Å². The predicted molar refractivity (Wildman–Crippen MR) is 130 cm³/mol. The molecule has 2 rings (SSSR count). The minimum atomic E-state index is 0.185. The van der Waals surface area contributed by atoms with Crippen LogP contribution in [0, 0.1) is 8.99 Å². The Kier molecular flexibility index (Phi) is 7.13. The fraction of sp³-hybridized carbons (Fsp3) is 0.385. The summed E-state index contributed by atoms with van der Waals surface area (Å²) < 4.78 is 1.27. The minimum absolute atomic E-state index is 0.185. The van der Waals surface area contributed by atoms with Crippen molar-refractivity contribution in [2.24, 2.45) is 5.41 Å². The topological polar surface area (TPSA) is 0 Å². The van der Waals surface area contributed by atoms with E-state index in [4.69, 9.17) is 0 Å². The zero-order chi connectivity index (χ0) is 20.2. The first kappa shape index (κ1) is 21.9. The second kappa shape index (κ2) is 8.77. The third kappa shape index (κ3) is 6.64. The largest absolute Gasteiger partial charge is 0.0834 e. The lowest BCUT2D eigenvalue weighted by Gasteiger charge is -2.19. The van der Waals surface area contributed by atoms with Crippen molar-refractivity contribution in [2.45, 2.75) is 60.3 Å². The molecule has 0 spiro atoms. The molecule has 0 nitrogen and oxygen atoms in total. The van der Waals surface area contributed by atoms with E-state index in [-0.39, 0.29) is 5.41 Å². The van der Waals surface area contributed by atoms with Gasteiger partial charge in [0.05, 0.1) is 0 Å². The first-order valence-electron chi connectivity index (χ1n) is 9.74. The molecule has 0 fully saturated rings. The Morgan fingerprint density at radius 1 is 0.889 bits per heavy atom. The molecule has 0 N–H and O–H groups in total. The highest BCUT2D eigenvalue weighted by Crippen LogP contribution is 2.30. The summed E-state index contributed by atoms with van der Waals surface area (Å²) in [6.07, 6.45) is 7.85. The fourth-order valence-electron chi connectivity index (χ4n) is 2.98. The van der Waals surface area contributed by atoms with Gasteiger partial charge in [-0.2, -0.15) is 0 Å². The maximum Gasteiger partial charge on any atom is 0.0142 e. The van der Waals surface area contributed by atoms with Crippen LogP contribution in [0.5, 0.6) is 0 Å². The van der Waals surface area contributed by atoms with Crippen LogP contribution >= 0.6 is 22.6 Å². The standard InChI is InChI=1S/C26H33I/c1-8-19(10-9-15-25(2,3)4)21-16-22(18-24(27)17-21)20-11-13-23(14-12-20)26(5,6)7/h8-14,16-18H,15H2,1-7H3/b10-9-,19-8+. The summed E-state index contributed by atoms with van der Waals surface area (Å²) in [5.41, 5.74) is 6.99. The van der Waals surface area contributed by atoms with Crippen LogP contribution in [-0.2, 0) is 5.41 Å². The van der Waals surface area contributed by atoms with Gasteiger partial charge in [-0.15, -0.1) is 0 Å². The third-order valence-electron chi connectivity index (χ3n) is 4.65. The predicted octanol–water partition coefficient (Wildman–Crippen LogP) is 8.65. The number of benzene rings is 2. The normalized spacial score (nSPS) is 13.4. The molecule has 0 aliphatic carbocycles. The zero-order valence-corrected chi connectivity index (χ0v) is 20.0. The molecule has 0 aromatic heterocycles. The summed E-state index contributed by atoms with van der Waals surface area (Å²) >= 11 is 2.43. The molecule has 0 bridgehead atoms. The Balaban J connectivity index is 2.35.